The molecular formula is C16H24N2O. The highest BCUT2D eigenvalue weighted by Gasteiger charge is 2.29. The number of carbonyl (C=O) groups is 1. The average Bonchev–Trinajstić information content (AvgIpc) is 2.41. The number of carbonyl (C=O) groups excluding carboxylic acids is 1. The summed E-state index contributed by atoms with van der Waals surface area (Å²) in [5.41, 5.74) is 8.34. The van der Waals surface area contributed by atoms with E-state index in [1.807, 2.05) is 30.0 Å². The number of hydrogen-bond donors (Lipinski definition) is 1. The van der Waals surface area contributed by atoms with E-state index >= 15 is 0 Å². The molecule has 2 N–H and O–H groups in total. The lowest BCUT2D eigenvalue weighted by molar-refractivity contribution is -0.134. The topological polar surface area (TPSA) is 46.3 Å². The summed E-state index contributed by atoms with van der Waals surface area (Å²) in [4.78, 5) is 14.5. The number of piperidine rings is 1. The molecule has 1 heterocycles. The summed E-state index contributed by atoms with van der Waals surface area (Å²) in [7, 11) is 0. The summed E-state index contributed by atoms with van der Waals surface area (Å²) >= 11 is 0. The van der Waals surface area contributed by atoms with Gasteiger partial charge in [-0.25, -0.2) is 0 Å². The molecule has 0 radical (unpaired) electrons. The third-order valence-electron chi connectivity index (χ3n) is 4.08. The summed E-state index contributed by atoms with van der Waals surface area (Å²) < 4.78 is 0. The standard InChI is InChI=1S/C16H24N2O/c1-12-7-3-4-8-14(12)11-16(19)18-10-6-5-9-15(18)13(2)17/h3-4,7-8,13,15H,5-6,9-11,17H2,1-2H3/t13-,15+/m0/s1. The molecule has 0 aliphatic carbocycles. The van der Waals surface area contributed by atoms with E-state index in [0.29, 0.717) is 6.42 Å². The number of rotatable bonds is 3. The number of amides is 1. The molecule has 1 fully saturated rings. The second-order valence-electron chi connectivity index (χ2n) is 5.61. The quantitative estimate of drug-likeness (QED) is 0.906. The Bertz CT molecular complexity index is 442. The first-order valence-electron chi connectivity index (χ1n) is 7.19. The van der Waals surface area contributed by atoms with Gasteiger partial charge in [0, 0.05) is 18.6 Å². The predicted molar refractivity (Wildman–Crippen MR) is 77.9 cm³/mol. The van der Waals surface area contributed by atoms with Gasteiger partial charge in [-0.2, -0.15) is 0 Å². The monoisotopic (exact) mass is 260 g/mol. The van der Waals surface area contributed by atoms with Crippen molar-refractivity contribution in [2.45, 2.75) is 51.6 Å². The molecule has 3 heteroatoms. The molecule has 0 aromatic heterocycles. The van der Waals surface area contributed by atoms with Crippen molar-refractivity contribution in [3.8, 4) is 0 Å². The number of aryl methyl sites for hydroxylation is 1. The maximum Gasteiger partial charge on any atom is 0.227 e. The molecule has 0 bridgehead atoms. The first-order chi connectivity index (χ1) is 9.09. The molecule has 2 atom stereocenters. The molecule has 1 aliphatic rings. The van der Waals surface area contributed by atoms with E-state index in [-0.39, 0.29) is 18.0 Å². The molecule has 1 aliphatic heterocycles. The number of likely N-dealkylation sites (tertiary alicyclic amines) is 1. The van der Waals surface area contributed by atoms with Crippen LogP contribution >= 0.6 is 0 Å². The molecule has 1 amide bonds. The van der Waals surface area contributed by atoms with Crippen LogP contribution in [-0.4, -0.2) is 29.4 Å². The van der Waals surface area contributed by atoms with Crippen LogP contribution in [0.4, 0.5) is 0 Å². The first-order valence-corrected chi connectivity index (χ1v) is 7.19. The second kappa shape index (κ2) is 6.20. The molecule has 1 aromatic rings. The van der Waals surface area contributed by atoms with Crippen molar-refractivity contribution in [1.82, 2.24) is 4.90 Å². The molecule has 0 saturated carbocycles. The molecule has 3 nitrogen and oxygen atoms in total. The van der Waals surface area contributed by atoms with Gasteiger partial charge < -0.3 is 10.6 Å². The lowest BCUT2D eigenvalue weighted by Gasteiger charge is -2.38. The van der Waals surface area contributed by atoms with Crippen molar-refractivity contribution in [2.24, 2.45) is 5.73 Å². The zero-order chi connectivity index (χ0) is 13.8. The Labute approximate surface area is 115 Å². The van der Waals surface area contributed by atoms with Crippen LogP contribution < -0.4 is 5.73 Å². The van der Waals surface area contributed by atoms with Crippen molar-refractivity contribution >= 4 is 5.91 Å². The zero-order valence-corrected chi connectivity index (χ0v) is 11.9. The molecule has 19 heavy (non-hydrogen) atoms. The van der Waals surface area contributed by atoms with Crippen LogP contribution in [0.3, 0.4) is 0 Å². The van der Waals surface area contributed by atoms with Gasteiger partial charge in [0.2, 0.25) is 5.91 Å². The number of nitrogens with zero attached hydrogens (tertiary/aromatic N) is 1. The summed E-state index contributed by atoms with van der Waals surface area (Å²) in [6, 6.07) is 8.37. The van der Waals surface area contributed by atoms with E-state index in [1.54, 1.807) is 0 Å². The lowest BCUT2D eigenvalue weighted by Crippen LogP contribution is -2.52. The van der Waals surface area contributed by atoms with Gasteiger partial charge in [0.05, 0.1) is 6.42 Å². The smallest absolute Gasteiger partial charge is 0.227 e. The predicted octanol–water partition coefficient (Wildman–Crippen LogP) is 2.27. The number of benzene rings is 1. The first kappa shape index (κ1) is 14.1. The highest BCUT2D eigenvalue weighted by atomic mass is 16.2. The van der Waals surface area contributed by atoms with Gasteiger partial charge in [0.15, 0.2) is 0 Å². The van der Waals surface area contributed by atoms with Crippen LogP contribution in [0.5, 0.6) is 0 Å². The molecule has 1 saturated heterocycles. The van der Waals surface area contributed by atoms with Crippen molar-refractivity contribution in [3.05, 3.63) is 35.4 Å². The molecule has 0 unspecified atom stereocenters. The Morgan fingerprint density at radius 1 is 1.42 bits per heavy atom. The van der Waals surface area contributed by atoms with E-state index in [2.05, 4.69) is 13.0 Å². The van der Waals surface area contributed by atoms with Gasteiger partial charge in [-0.1, -0.05) is 24.3 Å². The fourth-order valence-electron chi connectivity index (χ4n) is 2.89. The Kier molecular flexibility index (Phi) is 4.59. The Balaban J connectivity index is 2.08. The van der Waals surface area contributed by atoms with E-state index in [9.17, 15) is 4.79 Å². The Morgan fingerprint density at radius 3 is 2.84 bits per heavy atom. The number of hydrogen-bond acceptors (Lipinski definition) is 2. The third-order valence-corrected chi connectivity index (χ3v) is 4.08. The Morgan fingerprint density at radius 2 is 2.16 bits per heavy atom. The van der Waals surface area contributed by atoms with Crippen LogP contribution in [0, 0.1) is 6.92 Å². The minimum Gasteiger partial charge on any atom is -0.338 e. The molecule has 104 valence electrons. The van der Waals surface area contributed by atoms with Crippen molar-refractivity contribution in [3.63, 3.8) is 0 Å². The van der Waals surface area contributed by atoms with Crippen LogP contribution in [0.2, 0.25) is 0 Å². The number of nitrogens with two attached hydrogens (primary N) is 1. The summed E-state index contributed by atoms with van der Waals surface area (Å²) in [5.74, 6) is 0.219. The van der Waals surface area contributed by atoms with Gasteiger partial charge >= 0.3 is 0 Å². The molecule has 0 spiro atoms. The SMILES string of the molecule is Cc1ccccc1CC(=O)N1CCCC[C@@H]1[C@H](C)N. The third kappa shape index (κ3) is 3.35. The molecule has 1 aromatic carbocycles. The maximum absolute atomic E-state index is 12.5. The fourth-order valence-corrected chi connectivity index (χ4v) is 2.89. The van der Waals surface area contributed by atoms with Gasteiger partial charge in [-0.05, 0) is 44.2 Å². The summed E-state index contributed by atoms with van der Waals surface area (Å²) in [6.45, 7) is 4.92. The van der Waals surface area contributed by atoms with Crippen molar-refractivity contribution < 1.29 is 4.79 Å². The van der Waals surface area contributed by atoms with E-state index in [1.165, 1.54) is 12.0 Å². The maximum atomic E-state index is 12.5. The minimum atomic E-state index is 0.0566. The highest BCUT2D eigenvalue weighted by Crippen LogP contribution is 2.20. The van der Waals surface area contributed by atoms with Crippen LogP contribution in [0.25, 0.3) is 0 Å². The highest BCUT2D eigenvalue weighted by molar-refractivity contribution is 5.79. The summed E-state index contributed by atoms with van der Waals surface area (Å²) in [5, 5.41) is 0. The fraction of sp³-hybridized carbons (Fsp3) is 0.562. The van der Waals surface area contributed by atoms with Gasteiger partial charge in [0.1, 0.15) is 0 Å². The zero-order valence-electron chi connectivity index (χ0n) is 11.9. The van der Waals surface area contributed by atoms with Gasteiger partial charge in [-0.15, -0.1) is 0 Å². The van der Waals surface area contributed by atoms with Gasteiger partial charge in [0.25, 0.3) is 0 Å². The minimum absolute atomic E-state index is 0.0566. The van der Waals surface area contributed by atoms with E-state index in [0.717, 1.165) is 24.9 Å². The van der Waals surface area contributed by atoms with Crippen molar-refractivity contribution in [2.75, 3.05) is 6.54 Å². The van der Waals surface area contributed by atoms with Crippen LogP contribution in [-0.2, 0) is 11.2 Å². The summed E-state index contributed by atoms with van der Waals surface area (Å²) in [6.07, 6.45) is 3.82. The molecular weight excluding hydrogens is 236 g/mol. The van der Waals surface area contributed by atoms with E-state index < -0.39 is 0 Å². The van der Waals surface area contributed by atoms with Crippen LogP contribution in [0.1, 0.15) is 37.3 Å². The average molecular weight is 260 g/mol. The molecule has 2 rings (SSSR count). The van der Waals surface area contributed by atoms with Crippen LogP contribution in [0.15, 0.2) is 24.3 Å². The Hall–Kier alpha value is -1.35. The second-order valence-corrected chi connectivity index (χ2v) is 5.61. The van der Waals surface area contributed by atoms with Gasteiger partial charge in [-0.3, -0.25) is 4.79 Å². The largest absolute Gasteiger partial charge is 0.338 e. The van der Waals surface area contributed by atoms with E-state index in [4.69, 9.17) is 5.73 Å². The van der Waals surface area contributed by atoms with Crippen molar-refractivity contribution in [1.29, 1.82) is 0 Å². The lowest BCUT2D eigenvalue weighted by atomic mass is 9.95. The normalized spacial score (nSPS) is 21.2.